The zero-order chi connectivity index (χ0) is 19.8. The average Bonchev–Trinajstić information content (AvgIpc) is 3.21. The predicted octanol–water partition coefficient (Wildman–Crippen LogP) is 1.49. The molecule has 0 spiro atoms. The van der Waals surface area contributed by atoms with Gasteiger partial charge in [-0.15, -0.1) is 0 Å². The number of halogens is 1. The summed E-state index contributed by atoms with van der Waals surface area (Å²) in [6.07, 6.45) is 3.69. The van der Waals surface area contributed by atoms with Crippen molar-refractivity contribution in [2.45, 2.75) is 29.8 Å². The van der Waals surface area contributed by atoms with E-state index in [9.17, 15) is 17.6 Å². The zero-order valence-electron chi connectivity index (χ0n) is 15.5. The molecular formula is C18H23FN4O3S. The number of hydrogen-bond donors (Lipinski definition) is 1. The van der Waals surface area contributed by atoms with Crippen LogP contribution in [-0.4, -0.2) is 48.9 Å². The van der Waals surface area contributed by atoms with Crippen molar-refractivity contribution in [3.8, 4) is 0 Å². The molecule has 1 heterocycles. The Morgan fingerprint density at radius 3 is 2.48 bits per heavy atom. The molecule has 1 aromatic carbocycles. The number of sulfonamides is 1. The summed E-state index contributed by atoms with van der Waals surface area (Å²) >= 11 is 0. The SMILES string of the molecule is CN(C)C(=O)[C@H]1C[C@@H](NS(=O)(=O)c2cn(C)cn2)C[C@@H]1c1ccc(F)cc1. The van der Waals surface area contributed by atoms with E-state index in [1.807, 2.05) is 0 Å². The summed E-state index contributed by atoms with van der Waals surface area (Å²) in [5.41, 5.74) is 0.830. The molecule has 0 unspecified atom stereocenters. The number of amides is 1. The molecule has 3 atom stereocenters. The molecule has 1 aliphatic carbocycles. The van der Waals surface area contributed by atoms with Crippen LogP contribution in [0.1, 0.15) is 24.3 Å². The van der Waals surface area contributed by atoms with Gasteiger partial charge in [0.15, 0.2) is 5.03 Å². The van der Waals surface area contributed by atoms with Gasteiger partial charge in [-0.05, 0) is 36.5 Å². The van der Waals surface area contributed by atoms with Crippen LogP contribution < -0.4 is 4.72 Å². The first-order valence-electron chi connectivity index (χ1n) is 8.64. The molecule has 9 heteroatoms. The van der Waals surface area contributed by atoms with Crippen molar-refractivity contribution in [2.75, 3.05) is 14.1 Å². The van der Waals surface area contributed by atoms with Crippen LogP contribution in [0.15, 0.2) is 41.8 Å². The molecule has 0 saturated heterocycles. The number of hydrogen-bond acceptors (Lipinski definition) is 4. The molecular weight excluding hydrogens is 371 g/mol. The molecule has 1 aromatic heterocycles. The molecule has 146 valence electrons. The Bertz CT molecular complexity index is 924. The summed E-state index contributed by atoms with van der Waals surface area (Å²) in [4.78, 5) is 18.0. The Labute approximate surface area is 158 Å². The van der Waals surface area contributed by atoms with E-state index in [1.165, 1.54) is 29.6 Å². The number of benzene rings is 1. The highest BCUT2D eigenvalue weighted by atomic mass is 32.2. The molecule has 0 bridgehead atoms. The van der Waals surface area contributed by atoms with Crippen molar-refractivity contribution < 1.29 is 17.6 Å². The van der Waals surface area contributed by atoms with Crippen molar-refractivity contribution in [1.29, 1.82) is 0 Å². The molecule has 3 rings (SSSR count). The highest BCUT2D eigenvalue weighted by Gasteiger charge is 2.41. The van der Waals surface area contributed by atoms with Gasteiger partial charge < -0.3 is 9.47 Å². The molecule has 2 aromatic rings. The third kappa shape index (κ3) is 4.19. The van der Waals surface area contributed by atoms with Crippen LogP contribution in [0, 0.1) is 11.7 Å². The van der Waals surface area contributed by atoms with Crippen LogP contribution in [0.3, 0.4) is 0 Å². The van der Waals surface area contributed by atoms with Gasteiger partial charge in [0.05, 0.1) is 6.33 Å². The Morgan fingerprint density at radius 2 is 1.93 bits per heavy atom. The van der Waals surface area contributed by atoms with Gasteiger partial charge in [0, 0.05) is 39.3 Å². The van der Waals surface area contributed by atoms with Crippen molar-refractivity contribution in [3.63, 3.8) is 0 Å². The Morgan fingerprint density at radius 1 is 1.26 bits per heavy atom. The first-order valence-corrected chi connectivity index (χ1v) is 10.1. The summed E-state index contributed by atoms with van der Waals surface area (Å²) in [6.45, 7) is 0. The maximum Gasteiger partial charge on any atom is 0.259 e. The maximum atomic E-state index is 13.3. The fourth-order valence-corrected chi connectivity index (χ4v) is 4.87. The van der Waals surface area contributed by atoms with Crippen molar-refractivity contribution >= 4 is 15.9 Å². The van der Waals surface area contributed by atoms with Crippen molar-refractivity contribution in [1.82, 2.24) is 19.2 Å². The number of carbonyl (C=O) groups excluding carboxylic acids is 1. The number of carbonyl (C=O) groups is 1. The summed E-state index contributed by atoms with van der Waals surface area (Å²) in [6, 6.07) is 5.63. The third-order valence-electron chi connectivity index (χ3n) is 4.90. The summed E-state index contributed by atoms with van der Waals surface area (Å²) < 4.78 is 42.6. The average molecular weight is 394 g/mol. The fraction of sp³-hybridized carbons (Fsp3) is 0.444. The number of aryl methyl sites for hydroxylation is 1. The van der Waals surface area contributed by atoms with Gasteiger partial charge in [-0.25, -0.2) is 22.5 Å². The lowest BCUT2D eigenvalue weighted by molar-refractivity contribution is -0.133. The highest BCUT2D eigenvalue weighted by molar-refractivity contribution is 7.89. The normalized spacial score (nSPS) is 22.7. The number of nitrogens with one attached hydrogen (secondary N) is 1. The summed E-state index contributed by atoms with van der Waals surface area (Å²) in [7, 11) is 1.27. The van der Waals surface area contributed by atoms with E-state index in [0.717, 1.165) is 5.56 Å². The minimum Gasteiger partial charge on any atom is -0.349 e. The molecule has 1 N–H and O–H groups in total. The minimum atomic E-state index is -3.77. The van der Waals surface area contributed by atoms with Crippen LogP contribution in [-0.2, 0) is 21.9 Å². The molecule has 1 amide bonds. The van der Waals surface area contributed by atoms with E-state index in [1.54, 1.807) is 37.8 Å². The zero-order valence-corrected chi connectivity index (χ0v) is 16.3. The quantitative estimate of drug-likeness (QED) is 0.833. The summed E-state index contributed by atoms with van der Waals surface area (Å²) in [5.74, 6) is -0.970. The molecule has 0 radical (unpaired) electrons. The minimum absolute atomic E-state index is 0.0503. The monoisotopic (exact) mass is 394 g/mol. The first kappa shape index (κ1) is 19.5. The highest BCUT2D eigenvalue weighted by Crippen LogP contribution is 2.41. The Kier molecular flexibility index (Phi) is 5.34. The second-order valence-corrected chi connectivity index (χ2v) is 8.83. The standard InChI is InChI=1S/C18H23FN4O3S/c1-22(2)18(24)16-9-14(8-15(16)12-4-6-13(19)7-5-12)21-27(25,26)17-10-23(3)11-20-17/h4-7,10-11,14-16,21H,8-9H2,1-3H3/t14-,15+,16-/m0/s1. The molecule has 0 aliphatic heterocycles. The van der Waals surface area contributed by atoms with Gasteiger partial charge in [0.2, 0.25) is 5.91 Å². The van der Waals surface area contributed by atoms with Gasteiger partial charge >= 0.3 is 0 Å². The van der Waals surface area contributed by atoms with Crippen LogP contribution in [0.5, 0.6) is 0 Å². The van der Waals surface area contributed by atoms with E-state index in [2.05, 4.69) is 9.71 Å². The molecule has 1 fully saturated rings. The van der Waals surface area contributed by atoms with Crippen LogP contribution in [0.25, 0.3) is 0 Å². The predicted molar refractivity (Wildman–Crippen MR) is 97.9 cm³/mol. The van der Waals surface area contributed by atoms with E-state index in [-0.39, 0.29) is 28.6 Å². The smallest absolute Gasteiger partial charge is 0.259 e. The van der Waals surface area contributed by atoms with Crippen LogP contribution >= 0.6 is 0 Å². The van der Waals surface area contributed by atoms with E-state index in [0.29, 0.717) is 12.8 Å². The van der Waals surface area contributed by atoms with Crippen LogP contribution in [0.2, 0.25) is 0 Å². The maximum absolute atomic E-state index is 13.3. The molecule has 1 aliphatic rings. The molecule has 7 nitrogen and oxygen atoms in total. The topological polar surface area (TPSA) is 84.3 Å². The fourth-order valence-electron chi connectivity index (χ4n) is 3.62. The number of nitrogens with zero attached hydrogens (tertiary/aromatic N) is 3. The van der Waals surface area contributed by atoms with E-state index >= 15 is 0 Å². The third-order valence-corrected chi connectivity index (χ3v) is 6.30. The second kappa shape index (κ2) is 7.40. The summed E-state index contributed by atoms with van der Waals surface area (Å²) in [5, 5.41) is -0.0503. The van der Waals surface area contributed by atoms with Gasteiger partial charge in [0.25, 0.3) is 10.0 Å². The second-order valence-electron chi connectivity index (χ2n) is 7.16. The van der Waals surface area contributed by atoms with E-state index < -0.39 is 16.1 Å². The van der Waals surface area contributed by atoms with Crippen molar-refractivity contribution in [3.05, 3.63) is 48.2 Å². The first-order chi connectivity index (χ1) is 12.7. The lowest BCUT2D eigenvalue weighted by Gasteiger charge is -2.22. The number of imidazole rings is 1. The molecule has 27 heavy (non-hydrogen) atoms. The lowest BCUT2D eigenvalue weighted by Crippen LogP contribution is -2.35. The van der Waals surface area contributed by atoms with Gasteiger partial charge in [-0.3, -0.25) is 4.79 Å². The Hall–Kier alpha value is -2.26. The van der Waals surface area contributed by atoms with Gasteiger partial charge in [0.1, 0.15) is 5.82 Å². The largest absolute Gasteiger partial charge is 0.349 e. The van der Waals surface area contributed by atoms with Gasteiger partial charge in [-0.2, -0.15) is 0 Å². The van der Waals surface area contributed by atoms with Crippen LogP contribution in [0.4, 0.5) is 4.39 Å². The lowest BCUT2D eigenvalue weighted by atomic mass is 9.88. The Balaban J connectivity index is 1.84. The van der Waals surface area contributed by atoms with Crippen molar-refractivity contribution in [2.24, 2.45) is 13.0 Å². The van der Waals surface area contributed by atoms with E-state index in [4.69, 9.17) is 0 Å². The van der Waals surface area contributed by atoms with Gasteiger partial charge in [-0.1, -0.05) is 12.1 Å². The number of rotatable bonds is 5. The molecule has 1 saturated carbocycles. The number of aromatic nitrogens is 2.